The number of nitrogen functional groups attached to an aromatic ring is 1. The topological polar surface area (TPSA) is 72.2 Å². The third kappa shape index (κ3) is 3.15. The minimum atomic E-state index is -3.88. The quantitative estimate of drug-likeness (QED) is 0.851. The van der Waals surface area contributed by atoms with Crippen molar-refractivity contribution in [1.29, 1.82) is 0 Å². The predicted molar refractivity (Wildman–Crippen MR) is 76.0 cm³/mol. The van der Waals surface area contributed by atoms with Gasteiger partial charge in [0.15, 0.2) is 0 Å². The van der Waals surface area contributed by atoms with Crippen LogP contribution in [0.3, 0.4) is 0 Å². The zero-order valence-corrected chi connectivity index (χ0v) is 11.7. The van der Waals surface area contributed by atoms with E-state index in [1.165, 1.54) is 6.07 Å². The van der Waals surface area contributed by atoms with Crippen LogP contribution >= 0.6 is 0 Å². The number of rotatable bonds is 4. The summed E-state index contributed by atoms with van der Waals surface area (Å²) in [7, 11) is -3.88. The zero-order valence-electron chi connectivity index (χ0n) is 10.9. The second kappa shape index (κ2) is 5.60. The van der Waals surface area contributed by atoms with Crippen molar-refractivity contribution in [3.05, 3.63) is 59.9 Å². The van der Waals surface area contributed by atoms with Gasteiger partial charge in [-0.3, -0.25) is 0 Å². The molecule has 2 aromatic carbocycles. The average molecular weight is 294 g/mol. The molecule has 0 saturated carbocycles. The number of benzene rings is 2. The number of halogens is 1. The van der Waals surface area contributed by atoms with Gasteiger partial charge in [0.1, 0.15) is 10.7 Å². The second-order valence-electron chi connectivity index (χ2n) is 4.44. The van der Waals surface area contributed by atoms with Gasteiger partial charge < -0.3 is 5.73 Å². The Hall–Kier alpha value is -1.92. The van der Waals surface area contributed by atoms with Crippen molar-refractivity contribution in [2.75, 3.05) is 5.73 Å². The van der Waals surface area contributed by atoms with Gasteiger partial charge in [-0.25, -0.2) is 17.5 Å². The van der Waals surface area contributed by atoms with Crippen molar-refractivity contribution >= 4 is 15.7 Å². The number of nitrogens with one attached hydrogen (secondary N) is 1. The Balaban J connectivity index is 2.30. The SMILES string of the molecule is C[C@H](NS(=O)(=O)c1cc(F)ccc1N)c1ccccc1. The van der Waals surface area contributed by atoms with E-state index in [-0.39, 0.29) is 10.6 Å². The fourth-order valence-corrected chi connectivity index (χ4v) is 3.22. The maximum absolute atomic E-state index is 13.2. The Morgan fingerprint density at radius 2 is 1.80 bits per heavy atom. The molecule has 4 nitrogen and oxygen atoms in total. The molecule has 0 bridgehead atoms. The smallest absolute Gasteiger partial charge is 0.243 e. The number of hydrogen-bond acceptors (Lipinski definition) is 3. The first-order chi connectivity index (χ1) is 9.40. The van der Waals surface area contributed by atoms with Gasteiger partial charge in [0.2, 0.25) is 10.0 Å². The molecule has 0 fully saturated rings. The Labute approximate surface area is 117 Å². The number of anilines is 1. The van der Waals surface area contributed by atoms with Gasteiger partial charge >= 0.3 is 0 Å². The van der Waals surface area contributed by atoms with Crippen LogP contribution in [-0.4, -0.2) is 8.42 Å². The van der Waals surface area contributed by atoms with E-state index in [9.17, 15) is 12.8 Å². The fourth-order valence-electron chi connectivity index (χ4n) is 1.85. The van der Waals surface area contributed by atoms with Crippen LogP contribution in [-0.2, 0) is 10.0 Å². The standard InChI is InChI=1S/C14H15FN2O2S/c1-10(11-5-3-2-4-6-11)17-20(18,19)14-9-12(15)7-8-13(14)16/h2-10,17H,16H2,1H3/t10-/m0/s1. The van der Waals surface area contributed by atoms with Crippen LogP contribution in [0.2, 0.25) is 0 Å². The summed E-state index contributed by atoms with van der Waals surface area (Å²) in [5.74, 6) is -0.646. The largest absolute Gasteiger partial charge is 0.398 e. The van der Waals surface area contributed by atoms with Crippen molar-refractivity contribution in [2.24, 2.45) is 0 Å². The van der Waals surface area contributed by atoms with Gasteiger partial charge in [0.25, 0.3) is 0 Å². The number of nitrogens with two attached hydrogens (primary N) is 1. The van der Waals surface area contributed by atoms with E-state index in [4.69, 9.17) is 5.73 Å². The molecule has 3 N–H and O–H groups in total. The lowest BCUT2D eigenvalue weighted by Gasteiger charge is -2.15. The normalized spacial score (nSPS) is 13.1. The molecule has 2 rings (SSSR count). The first kappa shape index (κ1) is 14.5. The Morgan fingerprint density at radius 3 is 2.45 bits per heavy atom. The van der Waals surface area contributed by atoms with Gasteiger partial charge in [-0.15, -0.1) is 0 Å². The third-order valence-corrected chi connectivity index (χ3v) is 4.49. The highest BCUT2D eigenvalue weighted by molar-refractivity contribution is 7.89. The molecule has 0 heterocycles. The molecule has 0 unspecified atom stereocenters. The van der Waals surface area contributed by atoms with Crippen LogP contribution in [0, 0.1) is 5.82 Å². The molecular weight excluding hydrogens is 279 g/mol. The second-order valence-corrected chi connectivity index (χ2v) is 6.12. The van der Waals surface area contributed by atoms with Crippen LogP contribution in [0.4, 0.5) is 10.1 Å². The summed E-state index contributed by atoms with van der Waals surface area (Å²) < 4.78 is 40.1. The summed E-state index contributed by atoms with van der Waals surface area (Å²) >= 11 is 0. The lowest BCUT2D eigenvalue weighted by atomic mass is 10.1. The molecule has 0 aliphatic carbocycles. The molecule has 0 amide bonds. The summed E-state index contributed by atoms with van der Waals surface area (Å²) in [5, 5.41) is 0. The van der Waals surface area contributed by atoms with Crippen LogP contribution in [0.1, 0.15) is 18.5 Å². The molecule has 0 saturated heterocycles. The highest BCUT2D eigenvalue weighted by Crippen LogP contribution is 2.22. The first-order valence-electron chi connectivity index (χ1n) is 6.02. The minimum absolute atomic E-state index is 0.0131. The maximum Gasteiger partial charge on any atom is 0.243 e. The minimum Gasteiger partial charge on any atom is -0.398 e. The average Bonchev–Trinajstić information content (AvgIpc) is 2.42. The Kier molecular flexibility index (Phi) is 4.06. The van der Waals surface area contributed by atoms with E-state index < -0.39 is 21.9 Å². The Bertz CT molecular complexity index is 702. The van der Waals surface area contributed by atoms with Gasteiger partial charge in [0.05, 0.1) is 5.69 Å². The van der Waals surface area contributed by atoms with Crippen molar-refractivity contribution < 1.29 is 12.8 Å². The van der Waals surface area contributed by atoms with Gasteiger partial charge in [-0.1, -0.05) is 30.3 Å². The van der Waals surface area contributed by atoms with Gasteiger partial charge in [0, 0.05) is 6.04 Å². The summed E-state index contributed by atoms with van der Waals surface area (Å²) in [6.45, 7) is 1.71. The van der Waals surface area contributed by atoms with E-state index in [1.807, 2.05) is 30.3 Å². The highest BCUT2D eigenvalue weighted by Gasteiger charge is 2.21. The molecule has 6 heteroatoms. The predicted octanol–water partition coefficient (Wildman–Crippen LogP) is 2.45. The van der Waals surface area contributed by atoms with Crippen molar-refractivity contribution in [3.8, 4) is 0 Å². The molecule has 106 valence electrons. The van der Waals surface area contributed by atoms with Crippen molar-refractivity contribution in [1.82, 2.24) is 4.72 Å². The lowest BCUT2D eigenvalue weighted by Crippen LogP contribution is -2.27. The van der Waals surface area contributed by atoms with Crippen LogP contribution in [0.15, 0.2) is 53.4 Å². The van der Waals surface area contributed by atoms with Crippen molar-refractivity contribution in [3.63, 3.8) is 0 Å². The fraction of sp³-hybridized carbons (Fsp3) is 0.143. The molecule has 0 aliphatic rings. The number of sulfonamides is 1. The molecule has 0 radical (unpaired) electrons. The van der Waals surface area contributed by atoms with E-state index in [0.717, 1.165) is 17.7 Å². The summed E-state index contributed by atoms with van der Waals surface area (Å²) in [4.78, 5) is -0.250. The molecule has 0 aliphatic heterocycles. The van der Waals surface area contributed by atoms with Crippen LogP contribution < -0.4 is 10.5 Å². The summed E-state index contributed by atoms with van der Waals surface area (Å²) in [6, 6.07) is 11.9. The molecule has 2 aromatic rings. The number of hydrogen-bond donors (Lipinski definition) is 2. The molecule has 20 heavy (non-hydrogen) atoms. The maximum atomic E-state index is 13.2. The molecule has 0 aromatic heterocycles. The zero-order chi connectivity index (χ0) is 14.8. The summed E-state index contributed by atoms with van der Waals surface area (Å²) in [5.41, 5.74) is 6.43. The highest BCUT2D eigenvalue weighted by atomic mass is 32.2. The molecule has 1 atom stereocenters. The van der Waals surface area contributed by atoms with Gasteiger partial charge in [-0.2, -0.15) is 0 Å². The van der Waals surface area contributed by atoms with Crippen LogP contribution in [0.25, 0.3) is 0 Å². The monoisotopic (exact) mass is 294 g/mol. The van der Waals surface area contributed by atoms with E-state index in [2.05, 4.69) is 4.72 Å². The van der Waals surface area contributed by atoms with E-state index in [1.54, 1.807) is 6.92 Å². The van der Waals surface area contributed by atoms with Gasteiger partial charge in [-0.05, 0) is 30.7 Å². The molecule has 0 spiro atoms. The van der Waals surface area contributed by atoms with E-state index in [0.29, 0.717) is 0 Å². The Morgan fingerprint density at radius 1 is 1.15 bits per heavy atom. The molecular formula is C14H15FN2O2S. The van der Waals surface area contributed by atoms with Crippen molar-refractivity contribution in [2.45, 2.75) is 17.9 Å². The van der Waals surface area contributed by atoms with Crippen LogP contribution in [0.5, 0.6) is 0 Å². The summed E-state index contributed by atoms with van der Waals surface area (Å²) in [6.07, 6.45) is 0. The van der Waals surface area contributed by atoms with E-state index >= 15 is 0 Å². The lowest BCUT2D eigenvalue weighted by molar-refractivity contribution is 0.564. The third-order valence-electron chi connectivity index (χ3n) is 2.90. The first-order valence-corrected chi connectivity index (χ1v) is 7.51.